The van der Waals surface area contributed by atoms with Crippen LogP contribution in [0.4, 0.5) is 0 Å². The highest BCUT2D eigenvalue weighted by molar-refractivity contribution is 9.10. The lowest BCUT2D eigenvalue weighted by Gasteiger charge is -2.03. The summed E-state index contributed by atoms with van der Waals surface area (Å²) in [6.07, 6.45) is 1.74. The van der Waals surface area contributed by atoms with Crippen LogP contribution >= 0.6 is 39.3 Å². The molecule has 0 fully saturated rings. The first-order chi connectivity index (χ1) is 7.65. The fourth-order valence-electron chi connectivity index (χ4n) is 1.10. The number of hydrogen-bond donors (Lipinski definition) is 0. The fourth-order valence-corrected chi connectivity index (χ4v) is 2.71. The average Bonchev–Trinajstić information content (AvgIpc) is 2.20. The van der Waals surface area contributed by atoms with E-state index in [1.165, 1.54) is 11.8 Å². The lowest BCUT2D eigenvalue weighted by molar-refractivity contribution is 0.999. The van der Waals surface area contributed by atoms with Gasteiger partial charge in [-0.1, -0.05) is 0 Å². The molecule has 0 saturated heterocycles. The SMILES string of the molecule is Cc1cc(Sc2ncccc2Br)nc(Cl)n1. The van der Waals surface area contributed by atoms with Gasteiger partial charge in [-0.25, -0.2) is 15.0 Å². The zero-order valence-electron chi connectivity index (χ0n) is 8.32. The third kappa shape index (κ3) is 2.93. The molecule has 2 rings (SSSR count). The normalized spacial score (nSPS) is 10.4. The predicted molar refractivity (Wildman–Crippen MR) is 67.8 cm³/mol. The molecule has 0 saturated carbocycles. The Labute approximate surface area is 111 Å². The van der Waals surface area contributed by atoms with Crippen LogP contribution < -0.4 is 0 Å². The molecule has 6 heteroatoms. The number of aromatic nitrogens is 3. The van der Waals surface area contributed by atoms with E-state index in [1.807, 2.05) is 25.1 Å². The van der Waals surface area contributed by atoms with E-state index in [1.54, 1.807) is 6.20 Å². The molecule has 0 bridgehead atoms. The number of nitrogens with zero attached hydrogens (tertiary/aromatic N) is 3. The average molecular weight is 317 g/mol. The Kier molecular flexibility index (Phi) is 3.78. The minimum absolute atomic E-state index is 0.259. The molecule has 2 aromatic heterocycles. The zero-order valence-corrected chi connectivity index (χ0v) is 11.5. The molecule has 2 heterocycles. The highest BCUT2D eigenvalue weighted by atomic mass is 79.9. The zero-order chi connectivity index (χ0) is 11.5. The topological polar surface area (TPSA) is 38.7 Å². The van der Waals surface area contributed by atoms with Crippen LogP contribution in [0.1, 0.15) is 5.69 Å². The van der Waals surface area contributed by atoms with Crippen LogP contribution in [0, 0.1) is 6.92 Å². The largest absolute Gasteiger partial charge is 0.248 e. The van der Waals surface area contributed by atoms with Gasteiger partial charge in [-0.3, -0.25) is 0 Å². The molecule has 0 aliphatic heterocycles. The van der Waals surface area contributed by atoms with Gasteiger partial charge in [0.1, 0.15) is 10.1 Å². The van der Waals surface area contributed by atoms with Gasteiger partial charge in [0.25, 0.3) is 0 Å². The van der Waals surface area contributed by atoms with E-state index >= 15 is 0 Å². The second kappa shape index (κ2) is 5.12. The van der Waals surface area contributed by atoms with Crippen molar-refractivity contribution in [2.45, 2.75) is 17.0 Å². The first-order valence-corrected chi connectivity index (χ1v) is 6.43. The fraction of sp³-hybridized carbons (Fsp3) is 0.100. The molecule has 0 radical (unpaired) electrons. The maximum atomic E-state index is 5.79. The van der Waals surface area contributed by atoms with Crippen molar-refractivity contribution >= 4 is 39.3 Å². The Morgan fingerprint density at radius 2 is 2.19 bits per heavy atom. The molecule has 0 amide bonds. The number of rotatable bonds is 2. The third-order valence-electron chi connectivity index (χ3n) is 1.73. The summed E-state index contributed by atoms with van der Waals surface area (Å²) in [7, 11) is 0. The third-order valence-corrected chi connectivity index (χ3v) is 3.74. The summed E-state index contributed by atoms with van der Waals surface area (Å²) in [6.45, 7) is 1.88. The van der Waals surface area contributed by atoms with Crippen LogP contribution in [0.15, 0.2) is 38.9 Å². The van der Waals surface area contributed by atoms with Gasteiger partial charge in [0.2, 0.25) is 5.28 Å². The summed E-state index contributed by atoms with van der Waals surface area (Å²) < 4.78 is 0.937. The van der Waals surface area contributed by atoms with Gasteiger partial charge in [0.05, 0.1) is 4.47 Å². The molecule has 0 aliphatic rings. The van der Waals surface area contributed by atoms with Crippen LogP contribution in [-0.2, 0) is 0 Å². The van der Waals surface area contributed by atoms with Gasteiger partial charge in [-0.15, -0.1) is 0 Å². The van der Waals surface area contributed by atoms with Gasteiger partial charge >= 0.3 is 0 Å². The van der Waals surface area contributed by atoms with Gasteiger partial charge in [0, 0.05) is 11.9 Å². The Morgan fingerprint density at radius 3 is 2.88 bits per heavy atom. The summed E-state index contributed by atoms with van der Waals surface area (Å²) >= 11 is 10.7. The van der Waals surface area contributed by atoms with Gasteiger partial charge in [-0.2, -0.15) is 0 Å². The van der Waals surface area contributed by atoms with E-state index < -0.39 is 0 Å². The molecule has 3 nitrogen and oxygen atoms in total. The maximum Gasteiger partial charge on any atom is 0.223 e. The van der Waals surface area contributed by atoms with E-state index in [9.17, 15) is 0 Å². The van der Waals surface area contributed by atoms with Gasteiger partial charge in [-0.05, 0) is 64.4 Å². The van der Waals surface area contributed by atoms with E-state index in [4.69, 9.17) is 11.6 Å². The molecule has 82 valence electrons. The molecule has 0 aromatic carbocycles. The van der Waals surface area contributed by atoms with E-state index in [-0.39, 0.29) is 5.28 Å². The Morgan fingerprint density at radius 1 is 1.38 bits per heavy atom. The molecule has 2 aromatic rings. The summed E-state index contributed by atoms with van der Waals surface area (Å²) in [4.78, 5) is 12.4. The lowest BCUT2D eigenvalue weighted by Crippen LogP contribution is -1.90. The molecule has 16 heavy (non-hydrogen) atoms. The second-order valence-corrected chi connectivity index (χ2v) is 5.21. The number of hydrogen-bond acceptors (Lipinski definition) is 4. The first-order valence-electron chi connectivity index (χ1n) is 4.45. The smallest absolute Gasteiger partial charge is 0.223 e. The minimum atomic E-state index is 0.259. The maximum absolute atomic E-state index is 5.79. The lowest BCUT2D eigenvalue weighted by atomic mass is 10.5. The highest BCUT2D eigenvalue weighted by Gasteiger charge is 2.06. The molecule has 0 N–H and O–H groups in total. The van der Waals surface area contributed by atoms with Crippen molar-refractivity contribution in [2.24, 2.45) is 0 Å². The molecular weight excluding hydrogens is 310 g/mol. The van der Waals surface area contributed by atoms with Crippen LogP contribution in [0.3, 0.4) is 0 Å². The van der Waals surface area contributed by atoms with Crippen LogP contribution in [0.5, 0.6) is 0 Å². The molecule has 0 atom stereocenters. The number of aryl methyl sites for hydroxylation is 1. The van der Waals surface area contributed by atoms with Gasteiger partial charge < -0.3 is 0 Å². The van der Waals surface area contributed by atoms with Crippen molar-refractivity contribution in [3.05, 3.63) is 39.8 Å². The van der Waals surface area contributed by atoms with Crippen molar-refractivity contribution in [3.63, 3.8) is 0 Å². The quantitative estimate of drug-likeness (QED) is 0.625. The molecular formula is C10H7BrClN3S. The monoisotopic (exact) mass is 315 g/mol. The minimum Gasteiger partial charge on any atom is -0.248 e. The summed E-state index contributed by atoms with van der Waals surface area (Å²) in [6, 6.07) is 5.68. The predicted octanol–water partition coefficient (Wildman–Crippen LogP) is 3.75. The highest BCUT2D eigenvalue weighted by Crippen LogP contribution is 2.30. The Balaban J connectivity index is 2.30. The molecule has 0 spiro atoms. The van der Waals surface area contributed by atoms with Crippen molar-refractivity contribution in [1.82, 2.24) is 15.0 Å². The molecule has 0 unspecified atom stereocenters. The van der Waals surface area contributed by atoms with Crippen molar-refractivity contribution in [2.75, 3.05) is 0 Å². The Hall–Kier alpha value is -0.650. The second-order valence-electron chi connectivity index (χ2n) is 3.01. The van der Waals surface area contributed by atoms with Crippen molar-refractivity contribution < 1.29 is 0 Å². The van der Waals surface area contributed by atoms with Crippen LogP contribution in [-0.4, -0.2) is 15.0 Å². The summed E-state index contributed by atoms with van der Waals surface area (Å²) in [5.41, 5.74) is 0.842. The van der Waals surface area contributed by atoms with E-state index in [0.717, 1.165) is 20.2 Å². The van der Waals surface area contributed by atoms with Crippen LogP contribution in [0.2, 0.25) is 5.28 Å². The van der Waals surface area contributed by atoms with Gasteiger partial charge in [0.15, 0.2) is 0 Å². The first kappa shape index (κ1) is 11.8. The van der Waals surface area contributed by atoms with E-state index in [2.05, 4.69) is 30.9 Å². The molecule has 0 aliphatic carbocycles. The standard InChI is InChI=1S/C10H7BrClN3S/c1-6-5-8(15-10(12)14-6)16-9-7(11)3-2-4-13-9/h2-5H,1H3. The number of halogens is 2. The van der Waals surface area contributed by atoms with E-state index in [0.29, 0.717) is 0 Å². The van der Waals surface area contributed by atoms with Crippen molar-refractivity contribution in [1.29, 1.82) is 0 Å². The van der Waals surface area contributed by atoms with Crippen LogP contribution in [0.25, 0.3) is 0 Å². The summed E-state index contributed by atoms with van der Waals surface area (Å²) in [5.74, 6) is 0. The summed E-state index contributed by atoms with van der Waals surface area (Å²) in [5, 5.41) is 1.91. The Bertz CT molecular complexity index is 501. The number of pyridine rings is 1. The van der Waals surface area contributed by atoms with Crippen molar-refractivity contribution in [3.8, 4) is 0 Å².